The minimum Gasteiger partial charge on any atom is -0.411 e. The number of oxime groups is 1. The van der Waals surface area contributed by atoms with Crippen molar-refractivity contribution in [3.63, 3.8) is 0 Å². The second-order valence-corrected chi connectivity index (χ2v) is 7.30. The van der Waals surface area contributed by atoms with Crippen LogP contribution in [0.1, 0.15) is 39.9 Å². The molecule has 1 N–H and O–H groups in total. The summed E-state index contributed by atoms with van der Waals surface area (Å²) >= 11 is 0. The molecule has 0 saturated heterocycles. The van der Waals surface area contributed by atoms with Crippen LogP contribution in [0.15, 0.2) is 34.8 Å². The SMILES string of the molecule is CC(C)(C#N)C1=CC(Cn2cnc(/C=N/O)n2)CC(C(C)(C)C#N)=C1. The van der Waals surface area contributed by atoms with Crippen molar-refractivity contribution < 1.29 is 5.21 Å². The molecule has 0 fully saturated rings. The Balaban J connectivity index is 2.34. The number of hydrogen-bond acceptors (Lipinski definition) is 6. The molecule has 0 saturated carbocycles. The molecule has 7 nitrogen and oxygen atoms in total. The van der Waals surface area contributed by atoms with Crippen LogP contribution in [0.5, 0.6) is 0 Å². The first-order valence-electron chi connectivity index (χ1n) is 8.04. The molecular formula is C18H22N6O. The maximum atomic E-state index is 9.49. The van der Waals surface area contributed by atoms with Gasteiger partial charge in [-0.25, -0.2) is 4.98 Å². The summed E-state index contributed by atoms with van der Waals surface area (Å²) < 4.78 is 1.68. The molecule has 0 aromatic carbocycles. The summed E-state index contributed by atoms with van der Waals surface area (Å²) in [4.78, 5) is 4.04. The van der Waals surface area contributed by atoms with Gasteiger partial charge in [-0.05, 0) is 45.3 Å². The maximum absolute atomic E-state index is 9.49. The fourth-order valence-electron chi connectivity index (χ4n) is 2.72. The summed E-state index contributed by atoms with van der Waals surface area (Å²) in [6, 6.07) is 4.68. The van der Waals surface area contributed by atoms with Crippen molar-refractivity contribution in [3.05, 3.63) is 35.4 Å². The minimum absolute atomic E-state index is 0.0934. The molecule has 1 atom stereocenters. The molecule has 130 valence electrons. The van der Waals surface area contributed by atoms with Crippen molar-refractivity contribution in [2.75, 3.05) is 0 Å². The second-order valence-electron chi connectivity index (χ2n) is 7.30. The first-order chi connectivity index (χ1) is 11.7. The van der Waals surface area contributed by atoms with Gasteiger partial charge in [0.15, 0.2) is 5.82 Å². The molecule has 25 heavy (non-hydrogen) atoms. The molecule has 7 heteroatoms. The number of allylic oxidation sites excluding steroid dienone is 4. The Hall–Kier alpha value is -2.93. The Morgan fingerprint density at radius 3 is 2.60 bits per heavy atom. The van der Waals surface area contributed by atoms with Crippen LogP contribution in [-0.4, -0.2) is 26.2 Å². The van der Waals surface area contributed by atoms with E-state index in [1.165, 1.54) is 6.21 Å². The monoisotopic (exact) mass is 338 g/mol. The van der Waals surface area contributed by atoms with Gasteiger partial charge in [-0.2, -0.15) is 10.5 Å². The fraction of sp³-hybridized carbons (Fsp3) is 0.500. The molecule has 1 unspecified atom stereocenters. The van der Waals surface area contributed by atoms with Gasteiger partial charge in [0.2, 0.25) is 0 Å². The highest BCUT2D eigenvalue weighted by atomic mass is 16.4. The topological polar surface area (TPSA) is 111 Å². The van der Waals surface area contributed by atoms with Gasteiger partial charge in [0.1, 0.15) is 12.5 Å². The lowest BCUT2D eigenvalue weighted by molar-refractivity contribution is 0.321. The van der Waals surface area contributed by atoms with Gasteiger partial charge >= 0.3 is 0 Å². The van der Waals surface area contributed by atoms with E-state index >= 15 is 0 Å². The van der Waals surface area contributed by atoms with Gasteiger partial charge in [-0.1, -0.05) is 17.3 Å². The lowest BCUT2D eigenvalue weighted by atomic mass is 9.72. The third kappa shape index (κ3) is 4.13. The number of nitriles is 2. The van der Waals surface area contributed by atoms with Gasteiger partial charge in [-0.15, -0.1) is 5.10 Å². The fourth-order valence-corrected chi connectivity index (χ4v) is 2.72. The van der Waals surface area contributed by atoms with Gasteiger partial charge in [0, 0.05) is 12.5 Å². The number of rotatable bonds is 5. The molecule has 1 aromatic heterocycles. The average Bonchev–Trinajstić information content (AvgIpc) is 3.02. The quantitative estimate of drug-likeness (QED) is 0.504. The first kappa shape index (κ1) is 18.4. The number of aromatic nitrogens is 3. The third-order valence-corrected chi connectivity index (χ3v) is 4.46. The Kier molecular flexibility index (Phi) is 5.08. The van der Waals surface area contributed by atoms with E-state index in [-0.39, 0.29) is 5.92 Å². The van der Waals surface area contributed by atoms with E-state index in [2.05, 4.69) is 33.5 Å². The molecular weight excluding hydrogens is 316 g/mol. The third-order valence-electron chi connectivity index (χ3n) is 4.46. The average molecular weight is 338 g/mol. The second kappa shape index (κ2) is 6.90. The van der Waals surface area contributed by atoms with Crippen LogP contribution in [0.25, 0.3) is 0 Å². The molecule has 1 heterocycles. The molecule has 1 aliphatic rings. The lowest BCUT2D eigenvalue weighted by Crippen LogP contribution is -2.24. The van der Waals surface area contributed by atoms with Crippen LogP contribution in [0.2, 0.25) is 0 Å². The lowest BCUT2D eigenvalue weighted by Gasteiger charge is -2.31. The van der Waals surface area contributed by atoms with E-state index in [1.54, 1.807) is 11.0 Å². The van der Waals surface area contributed by atoms with Crippen molar-refractivity contribution in [2.45, 2.75) is 40.7 Å². The Labute approximate surface area is 147 Å². The summed E-state index contributed by atoms with van der Waals surface area (Å²) in [6.45, 7) is 8.10. The number of hydrogen-bond donors (Lipinski definition) is 1. The Morgan fingerprint density at radius 1 is 1.32 bits per heavy atom. The summed E-state index contributed by atoms with van der Waals surface area (Å²) in [5.74, 6) is 0.420. The van der Waals surface area contributed by atoms with Gasteiger partial charge in [0.05, 0.1) is 23.0 Å². The minimum atomic E-state index is -0.632. The molecule has 0 bridgehead atoms. The van der Waals surface area contributed by atoms with Crippen molar-refractivity contribution >= 4 is 6.21 Å². The zero-order chi connectivity index (χ0) is 18.7. The van der Waals surface area contributed by atoms with Crippen LogP contribution in [-0.2, 0) is 6.54 Å². The molecule has 1 aromatic rings. The van der Waals surface area contributed by atoms with Crippen molar-refractivity contribution in [1.82, 2.24) is 14.8 Å². The van der Waals surface area contributed by atoms with Crippen LogP contribution >= 0.6 is 0 Å². The molecule has 0 aliphatic heterocycles. The van der Waals surface area contributed by atoms with Gasteiger partial charge in [0.25, 0.3) is 0 Å². The summed E-state index contributed by atoms with van der Waals surface area (Å²) in [7, 11) is 0. The molecule has 2 rings (SSSR count). The van der Waals surface area contributed by atoms with E-state index in [1.807, 2.05) is 33.8 Å². The van der Waals surface area contributed by atoms with E-state index in [0.29, 0.717) is 12.4 Å². The molecule has 0 spiro atoms. The number of nitrogens with zero attached hydrogens (tertiary/aromatic N) is 6. The smallest absolute Gasteiger partial charge is 0.195 e. The zero-order valence-electron chi connectivity index (χ0n) is 14.9. The summed E-state index contributed by atoms with van der Waals surface area (Å²) in [5, 5.41) is 34.7. The summed E-state index contributed by atoms with van der Waals surface area (Å²) in [6.07, 6.45) is 7.54. The zero-order valence-corrected chi connectivity index (χ0v) is 14.9. The Bertz CT molecular complexity index is 813. The van der Waals surface area contributed by atoms with Gasteiger partial charge in [-0.3, -0.25) is 4.68 Å². The summed E-state index contributed by atoms with van der Waals surface area (Å²) in [5.41, 5.74) is 0.701. The van der Waals surface area contributed by atoms with E-state index in [4.69, 9.17) is 5.21 Å². The van der Waals surface area contributed by atoms with Crippen molar-refractivity contribution in [2.24, 2.45) is 21.9 Å². The molecule has 0 amide bonds. The normalized spacial score (nSPS) is 18.4. The maximum Gasteiger partial charge on any atom is 0.195 e. The predicted octanol–water partition coefficient (Wildman–Crippen LogP) is 3.06. The highest BCUT2D eigenvalue weighted by Gasteiger charge is 2.32. The van der Waals surface area contributed by atoms with Crippen LogP contribution < -0.4 is 0 Å². The van der Waals surface area contributed by atoms with Crippen LogP contribution in [0, 0.1) is 39.4 Å². The predicted molar refractivity (Wildman–Crippen MR) is 92.5 cm³/mol. The molecule has 1 aliphatic carbocycles. The van der Waals surface area contributed by atoms with Crippen LogP contribution in [0.4, 0.5) is 0 Å². The highest BCUT2D eigenvalue weighted by Crippen LogP contribution is 2.40. The Morgan fingerprint density at radius 2 is 2.00 bits per heavy atom. The van der Waals surface area contributed by atoms with Crippen molar-refractivity contribution in [1.29, 1.82) is 10.5 Å². The van der Waals surface area contributed by atoms with E-state index in [0.717, 1.165) is 17.6 Å². The van der Waals surface area contributed by atoms with Gasteiger partial charge < -0.3 is 5.21 Å². The highest BCUT2D eigenvalue weighted by molar-refractivity contribution is 5.73. The standard InChI is InChI=1S/C18H22N6O/c1-17(2,10-19)14-5-13(6-15(7-14)18(3,4)11-20)9-24-12-21-16(23-24)8-22-25/h5,7-8,12-13,25H,6,9H2,1-4H3/b22-8+. The van der Waals surface area contributed by atoms with E-state index in [9.17, 15) is 10.5 Å². The largest absolute Gasteiger partial charge is 0.411 e. The van der Waals surface area contributed by atoms with Crippen molar-refractivity contribution in [3.8, 4) is 12.1 Å². The van der Waals surface area contributed by atoms with Crippen LogP contribution in [0.3, 0.4) is 0 Å². The van der Waals surface area contributed by atoms with E-state index < -0.39 is 10.8 Å². The molecule has 0 radical (unpaired) electrons. The first-order valence-corrected chi connectivity index (χ1v) is 8.04.